The van der Waals surface area contributed by atoms with Gasteiger partial charge < -0.3 is 20.5 Å². The Morgan fingerprint density at radius 2 is 2.15 bits per heavy atom. The van der Waals surface area contributed by atoms with Crippen molar-refractivity contribution in [1.29, 1.82) is 0 Å². The van der Waals surface area contributed by atoms with Crippen LogP contribution in [0.5, 0.6) is 0 Å². The van der Waals surface area contributed by atoms with Crippen LogP contribution in [-0.2, 0) is 6.54 Å². The van der Waals surface area contributed by atoms with Gasteiger partial charge in [0.05, 0.1) is 23.6 Å². The van der Waals surface area contributed by atoms with E-state index in [1.807, 2.05) is 32.0 Å². The van der Waals surface area contributed by atoms with Crippen LogP contribution in [0.2, 0.25) is 0 Å². The third-order valence-electron chi connectivity index (χ3n) is 2.87. The molecule has 2 aromatic rings. The molecule has 0 unspecified atom stereocenters. The highest BCUT2D eigenvalue weighted by Crippen LogP contribution is 2.22. The number of nitrogens with two attached hydrogens (primary N) is 1. The lowest BCUT2D eigenvalue weighted by Gasteiger charge is -2.15. The Kier molecular flexibility index (Phi) is 3.93. The lowest BCUT2D eigenvalue weighted by molar-refractivity contribution is 0.0947. The van der Waals surface area contributed by atoms with E-state index in [1.165, 1.54) is 0 Å². The van der Waals surface area contributed by atoms with Crippen molar-refractivity contribution in [2.24, 2.45) is 0 Å². The van der Waals surface area contributed by atoms with E-state index in [0.29, 0.717) is 23.6 Å². The van der Waals surface area contributed by atoms with Crippen molar-refractivity contribution in [1.82, 2.24) is 10.5 Å². The molecule has 0 saturated carbocycles. The fourth-order valence-corrected chi connectivity index (χ4v) is 1.87. The number of nitrogens with zero attached hydrogens (tertiary/aromatic N) is 2. The lowest BCUT2D eigenvalue weighted by atomic mass is 10.1. The van der Waals surface area contributed by atoms with Crippen LogP contribution in [0.4, 0.5) is 11.4 Å². The summed E-state index contributed by atoms with van der Waals surface area (Å²) in [7, 11) is 3.80. The van der Waals surface area contributed by atoms with Gasteiger partial charge in [0.2, 0.25) is 0 Å². The predicted octanol–water partition coefficient (Wildman–Crippen LogP) is 1.56. The number of anilines is 2. The van der Waals surface area contributed by atoms with Crippen molar-refractivity contribution < 1.29 is 9.32 Å². The number of carbonyl (C=O) groups is 1. The minimum absolute atomic E-state index is 0.198. The number of nitrogen functional groups attached to an aromatic ring is 1. The summed E-state index contributed by atoms with van der Waals surface area (Å²) < 4.78 is 5.03. The summed E-state index contributed by atoms with van der Waals surface area (Å²) in [5.41, 5.74) is 8.67. The maximum atomic E-state index is 12.0. The largest absolute Gasteiger partial charge is 0.397 e. The van der Waals surface area contributed by atoms with Crippen LogP contribution < -0.4 is 16.0 Å². The maximum Gasteiger partial charge on any atom is 0.251 e. The minimum Gasteiger partial charge on any atom is -0.397 e. The fraction of sp³-hybridized carbons (Fsp3) is 0.286. The molecule has 1 heterocycles. The fourth-order valence-electron chi connectivity index (χ4n) is 1.87. The van der Waals surface area contributed by atoms with Gasteiger partial charge >= 0.3 is 0 Å². The van der Waals surface area contributed by atoms with Gasteiger partial charge in [0, 0.05) is 25.7 Å². The molecule has 0 aliphatic carbocycles. The highest BCUT2D eigenvalue weighted by molar-refractivity contribution is 5.96. The van der Waals surface area contributed by atoms with Crippen LogP contribution in [0.1, 0.15) is 21.8 Å². The van der Waals surface area contributed by atoms with Crippen LogP contribution in [0.15, 0.2) is 28.8 Å². The van der Waals surface area contributed by atoms with Gasteiger partial charge in [0.25, 0.3) is 5.91 Å². The molecule has 0 radical (unpaired) electrons. The number of amides is 1. The van der Waals surface area contributed by atoms with Gasteiger partial charge in [-0.1, -0.05) is 5.16 Å². The second-order valence-electron chi connectivity index (χ2n) is 4.79. The van der Waals surface area contributed by atoms with E-state index in [1.54, 1.807) is 18.2 Å². The van der Waals surface area contributed by atoms with Crippen molar-refractivity contribution in [3.8, 4) is 0 Å². The number of hydrogen-bond donors (Lipinski definition) is 2. The zero-order chi connectivity index (χ0) is 14.7. The maximum absolute atomic E-state index is 12.0. The second-order valence-corrected chi connectivity index (χ2v) is 4.79. The van der Waals surface area contributed by atoms with Crippen molar-refractivity contribution in [3.05, 3.63) is 41.3 Å². The molecule has 2 rings (SSSR count). The average Bonchev–Trinajstić information content (AvgIpc) is 2.81. The van der Waals surface area contributed by atoms with E-state index < -0.39 is 0 Å². The quantitative estimate of drug-likeness (QED) is 0.827. The molecule has 6 nitrogen and oxygen atoms in total. The highest BCUT2D eigenvalue weighted by Gasteiger charge is 2.10. The first-order valence-electron chi connectivity index (χ1n) is 6.24. The molecule has 0 atom stereocenters. The topological polar surface area (TPSA) is 84.4 Å². The third-order valence-corrected chi connectivity index (χ3v) is 2.87. The Bertz CT molecular complexity index is 619. The standard InChI is InChI=1S/C14H18N4O2/c1-9-6-11(20-17-9)8-16-14(19)10-4-5-13(18(2)3)12(15)7-10/h4-7H,8,15H2,1-3H3,(H,16,19). The molecule has 1 aromatic carbocycles. The number of benzene rings is 1. The van der Waals surface area contributed by atoms with Crippen LogP contribution in [0, 0.1) is 6.92 Å². The first-order chi connectivity index (χ1) is 9.47. The summed E-state index contributed by atoms with van der Waals surface area (Å²) in [5.74, 6) is 0.421. The van der Waals surface area contributed by atoms with E-state index in [2.05, 4.69) is 10.5 Å². The Balaban J connectivity index is 2.04. The zero-order valence-corrected chi connectivity index (χ0v) is 11.8. The summed E-state index contributed by atoms with van der Waals surface area (Å²) in [5, 5.41) is 6.52. The lowest BCUT2D eigenvalue weighted by Crippen LogP contribution is -2.23. The van der Waals surface area contributed by atoms with Crippen molar-refractivity contribution in [2.45, 2.75) is 13.5 Å². The van der Waals surface area contributed by atoms with E-state index in [4.69, 9.17) is 10.3 Å². The van der Waals surface area contributed by atoms with Crippen LogP contribution >= 0.6 is 0 Å². The number of aryl methyl sites for hydroxylation is 1. The summed E-state index contributed by atoms with van der Waals surface area (Å²) in [6.07, 6.45) is 0. The Labute approximate surface area is 117 Å². The molecule has 0 saturated heterocycles. The van der Waals surface area contributed by atoms with Crippen LogP contribution in [0.25, 0.3) is 0 Å². The van der Waals surface area contributed by atoms with Gasteiger partial charge in [-0.3, -0.25) is 4.79 Å². The van der Waals surface area contributed by atoms with E-state index in [-0.39, 0.29) is 5.91 Å². The molecule has 106 valence electrons. The van der Waals surface area contributed by atoms with Gasteiger partial charge in [-0.2, -0.15) is 0 Å². The summed E-state index contributed by atoms with van der Waals surface area (Å²) >= 11 is 0. The molecule has 20 heavy (non-hydrogen) atoms. The zero-order valence-electron chi connectivity index (χ0n) is 11.8. The molecule has 0 fully saturated rings. The monoisotopic (exact) mass is 274 g/mol. The predicted molar refractivity (Wildman–Crippen MR) is 77.6 cm³/mol. The second kappa shape index (κ2) is 5.64. The van der Waals surface area contributed by atoms with E-state index >= 15 is 0 Å². The third kappa shape index (κ3) is 3.09. The van der Waals surface area contributed by atoms with Gasteiger partial charge in [0.15, 0.2) is 5.76 Å². The Hall–Kier alpha value is -2.50. The number of nitrogens with one attached hydrogen (secondary N) is 1. The van der Waals surface area contributed by atoms with Gasteiger partial charge in [-0.05, 0) is 25.1 Å². The molecular weight excluding hydrogens is 256 g/mol. The van der Waals surface area contributed by atoms with Crippen molar-refractivity contribution in [2.75, 3.05) is 24.7 Å². The molecule has 3 N–H and O–H groups in total. The Morgan fingerprint density at radius 1 is 1.40 bits per heavy atom. The number of hydrogen-bond acceptors (Lipinski definition) is 5. The first kappa shape index (κ1) is 13.9. The smallest absolute Gasteiger partial charge is 0.251 e. The normalized spacial score (nSPS) is 10.3. The summed E-state index contributed by atoms with van der Waals surface area (Å²) in [6.45, 7) is 2.13. The van der Waals surface area contributed by atoms with Gasteiger partial charge in [-0.25, -0.2) is 0 Å². The minimum atomic E-state index is -0.198. The molecule has 0 aliphatic heterocycles. The SMILES string of the molecule is Cc1cc(CNC(=O)c2ccc(N(C)C)c(N)c2)on1. The molecule has 0 aliphatic rings. The molecule has 1 aromatic heterocycles. The molecule has 6 heteroatoms. The number of rotatable bonds is 4. The molecule has 0 spiro atoms. The first-order valence-corrected chi connectivity index (χ1v) is 6.24. The number of aromatic nitrogens is 1. The molecule has 1 amide bonds. The number of carbonyl (C=O) groups excluding carboxylic acids is 1. The van der Waals surface area contributed by atoms with Gasteiger partial charge in [0.1, 0.15) is 0 Å². The summed E-state index contributed by atoms with van der Waals surface area (Å²) in [6, 6.07) is 7.01. The molecular formula is C14H18N4O2. The summed E-state index contributed by atoms with van der Waals surface area (Å²) in [4.78, 5) is 13.9. The molecule has 0 bridgehead atoms. The van der Waals surface area contributed by atoms with E-state index in [9.17, 15) is 4.79 Å². The van der Waals surface area contributed by atoms with Gasteiger partial charge in [-0.15, -0.1) is 0 Å². The van der Waals surface area contributed by atoms with E-state index in [0.717, 1.165) is 11.4 Å². The Morgan fingerprint density at radius 3 is 2.70 bits per heavy atom. The van der Waals surface area contributed by atoms with Crippen LogP contribution in [0.3, 0.4) is 0 Å². The average molecular weight is 274 g/mol. The van der Waals surface area contributed by atoms with Crippen LogP contribution in [-0.4, -0.2) is 25.2 Å². The van der Waals surface area contributed by atoms with Crippen molar-refractivity contribution in [3.63, 3.8) is 0 Å². The highest BCUT2D eigenvalue weighted by atomic mass is 16.5. The van der Waals surface area contributed by atoms with Crippen molar-refractivity contribution >= 4 is 17.3 Å².